The van der Waals surface area contributed by atoms with E-state index in [1.807, 2.05) is 13.8 Å². The van der Waals surface area contributed by atoms with Gasteiger partial charge < -0.3 is 5.32 Å². The molecule has 0 aromatic heterocycles. The first-order valence-electron chi connectivity index (χ1n) is 7.22. The quantitative estimate of drug-likeness (QED) is 0.861. The summed E-state index contributed by atoms with van der Waals surface area (Å²) in [5.41, 5.74) is 3.54. The van der Waals surface area contributed by atoms with Gasteiger partial charge in [-0.05, 0) is 38.7 Å². The van der Waals surface area contributed by atoms with Crippen molar-refractivity contribution in [3.8, 4) is 0 Å². The molecule has 1 saturated carbocycles. The zero-order chi connectivity index (χ0) is 14.8. The van der Waals surface area contributed by atoms with Crippen molar-refractivity contribution in [1.82, 2.24) is 5.32 Å². The number of halogens is 3. The molecule has 2 rings (SSSR count). The van der Waals surface area contributed by atoms with Crippen molar-refractivity contribution in [2.45, 2.75) is 58.3 Å². The molecule has 1 aromatic carbocycles. The molecule has 0 bridgehead atoms. The van der Waals surface area contributed by atoms with Crippen LogP contribution in [0.15, 0.2) is 18.2 Å². The van der Waals surface area contributed by atoms with Gasteiger partial charge >= 0.3 is 6.18 Å². The summed E-state index contributed by atoms with van der Waals surface area (Å²) in [6.07, 6.45) is -2.04. The molecule has 1 N–H and O–H groups in total. The predicted molar refractivity (Wildman–Crippen MR) is 74.6 cm³/mol. The topological polar surface area (TPSA) is 12.0 Å². The average molecular weight is 285 g/mol. The van der Waals surface area contributed by atoms with Crippen molar-refractivity contribution < 1.29 is 13.2 Å². The van der Waals surface area contributed by atoms with E-state index in [4.69, 9.17) is 0 Å². The van der Waals surface area contributed by atoms with Gasteiger partial charge in [0.25, 0.3) is 0 Å². The van der Waals surface area contributed by atoms with E-state index in [9.17, 15) is 13.2 Å². The van der Waals surface area contributed by atoms with Crippen molar-refractivity contribution in [1.29, 1.82) is 0 Å². The SMILES string of the molecule is Cc1cc(C)cc(CNC2CCCC(C(F)(F)F)C2)c1. The standard InChI is InChI=1S/C16H22F3N/c1-11-6-12(2)8-13(7-11)10-20-15-5-3-4-14(9-15)16(17,18)19/h6-8,14-15,20H,3-5,9-10H2,1-2H3. The van der Waals surface area contributed by atoms with Crippen LogP contribution in [-0.4, -0.2) is 12.2 Å². The van der Waals surface area contributed by atoms with Crippen LogP contribution in [0.2, 0.25) is 0 Å². The summed E-state index contributed by atoms with van der Waals surface area (Å²) in [5.74, 6) is -1.13. The monoisotopic (exact) mass is 285 g/mol. The van der Waals surface area contributed by atoms with Crippen LogP contribution in [0.4, 0.5) is 13.2 Å². The summed E-state index contributed by atoms with van der Waals surface area (Å²) in [4.78, 5) is 0. The summed E-state index contributed by atoms with van der Waals surface area (Å²) in [6.45, 7) is 4.73. The molecule has 2 atom stereocenters. The minimum Gasteiger partial charge on any atom is -0.310 e. The Morgan fingerprint density at radius 1 is 1.10 bits per heavy atom. The molecule has 1 nitrogen and oxygen atoms in total. The van der Waals surface area contributed by atoms with Gasteiger partial charge in [-0.25, -0.2) is 0 Å². The Kier molecular flexibility index (Phi) is 4.74. The highest BCUT2D eigenvalue weighted by atomic mass is 19.4. The van der Waals surface area contributed by atoms with Gasteiger partial charge in [0.1, 0.15) is 0 Å². The van der Waals surface area contributed by atoms with Crippen LogP contribution in [0, 0.1) is 19.8 Å². The minimum atomic E-state index is -4.04. The van der Waals surface area contributed by atoms with Crippen LogP contribution in [0.25, 0.3) is 0 Å². The van der Waals surface area contributed by atoms with Gasteiger partial charge in [-0.15, -0.1) is 0 Å². The first-order valence-corrected chi connectivity index (χ1v) is 7.22. The lowest BCUT2D eigenvalue weighted by Gasteiger charge is -2.31. The van der Waals surface area contributed by atoms with E-state index in [1.165, 1.54) is 11.1 Å². The first kappa shape index (κ1) is 15.4. The van der Waals surface area contributed by atoms with Crippen LogP contribution in [0.3, 0.4) is 0 Å². The molecule has 112 valence electrons. The molecule has 2 unspecified atom stereocenters. The lowest BCUT2D eigenvalue weighted by atomic mass is 9.85. The molecule has 0 aliphatic heterocycles. The van der Waals surface area contributed by atoms with Gasteiger partial charge in [-0.1, -0.05) is 35.7 Å². The lowest BCUT2D eigenvalue weighted by Crippen LogP contribution is -2.38. The molecule has 0 heterocycles. The Balaban J connectivity index is 1.90. The second-order valence-corrected chi connectivity index (χ2v) is 5.98. The molecule has 20 heavy (non-hydrogen) atoms. The van der Waals surface area contributed by atoms with Crippen molar-refractivity contribution in [2.24, 2.45) is 5.92 Å². The second-order valence-electron chi connectivity index (χ2n) is 5.98. The first-order chi connectivity index (χ1) is 9.34. The summed E-state index contributed by atoms with van der Waals surface area (Å²) in [5, 5.41) is 3.29. The van der Waals surface area contributed by atoms with E-state index in [0.717, 1.165) is 12.0 Å². The molecule has 0 amide bonds. The number of nitrogens with one attached hydrogen (secondary N) is 1. The van der Waals surface area contributed by atoms with E-state index >= 15 is 0 Å². The van der Waals surface area contributed by atoms with E-state index in [1.54, 1.807) is 0 Å². The summed E-state index contributed by atoms with van der Waals surface area (Å²) in [7, 11) is 0. The molecule has 1 aliphatic carbocycles. The van der Waals surface area contributed by atoms with Crippen molar-refractivity contribution >= 4 is 0 Å². The normalized spacial score (nSPS) is 23.9. The largest absolute Gasteiger partial charge is 0.391 e. The maximum absolute atomic E-state index is 12.8. The minimum absolute atomic E-state index is 0.0174. The smallest absolute Gasteiger partial charge is 0.310 e. The fourth-order valence-electron chi connectivity index (χ4n) is 3.11. The molecule has 0 spiro atoms. The molecule has 0 radical (unpaired) electrons. The maximum atomic E-state index is 12.8. The van der Waals surface area contributed by atoms with Gasteiger partial charge in [0.2, 0.25) is 0 Å². The molecule has 0 saturated heterocycles. The third-order valence-corrected chi connectivity index (χ3v) is 4.01. The second kappa shape index (κ2) is 6.17. The Labute approximate surface area is 118 Å². The fraction of sp³-hybridized carbons (Fsp3) is 0.625. The predicted octanol–water partition coefficient (Wildman–Crippen LogP) is 4.51. The highest BCUT2D eigenvalue weighted by Crippen LogP contribution is 2.37. The molecule has 1 aliphatic rings. The third-order valence-electron chi connectivity index (χ3n) is 4.01. The van der Waals surface area contributed by atoms with Crippen LogP contribution in [0.5, 0.6) is 0 Å². The van der Waals surface area contributed by atoms with Gasteiger partial charge in [-0.2, -0.15) is 13.2 Å². The average Bonchev–Trinajstić information content (AvgIpc) is 2.35. The van der Waals surface area contributed by atoms with Crippen LogP contribution in [-0.2, 0) is 6.54 Å². The van der Waals surface area contributed by atoms with Crippen molar-refractivity contribution in [3.05, 3.63) is 34.9 Å². The third kappa shape index (κ3) is 4.23. The van der Waals surface area contributed by atoms with Gasteiger partial charge in [0, 0.05) is 12.6 Å². The number of alkyl halides is 3. The Bertz CT molecular complexity index is 433. The van der Waals surface area contributed by atoms with Gasteiger partial charge in [0.05, 0.1) is 5.92 Å². The number of aryl methyl sites for hydroxylation is 2. The molecule has 4 heteroatoms. The summed E-state index contributed by atoms with van der Waals surface area (Å²) in [6, 6.07) is 6.26. The van der Waals surface area contributed by atoms with Gasteiger partial charge in [0.15, 0.2) is 0 Å². The Morgan fingerprint density at radius 3 is 2.35 bits per heavy atom. The Morgan fingerprint density at radius 2 is 1.75 bits per heavy atom. The van der Waals surface area contributed by atoms with Crippen molar-refractivity contribution in [3.63, 3.8) is 0 Å². The number of rotatable bonds is 3. The summed E-state index contributed by atoms with van der Waals surface area (Å²) >= 11 is 0. The van der Waals surface area contributed by atoms with Crippen molar-refractivity contribution in [2.75, 3.05) is 0 Å². The maximum Gasteiger partial charge on any atom is 0.391 e. The zero-order valence-electron chi connectivity index (χ0n) is 12.1. The lowest BCUT2D eigenvalue weighted by molar-refractivity contribution is -0.183. The zero-order valence-corrected chi connectivity index (χ0v) is 12.1. The van der Waals surface area contributed by atoms with Crippen LogP contribution in [0.1, 0.15) is 42.4 Å². The van der Waals surface area contributed by atoms with E-state index in [2.05, 4.69) is 23.5 Å². The van der Waals surface area contributed by atoms with Gasteiger partial charge in [-0.3, -0.25) is 0 Å². The number of benzene rings is 1. The van der Waals surface area contributed by atoms with E-state index in [-0.39, 0.29) is 18.9 Å². The Hall–Kier alpha value is -1.03. The molecular formula is C16H22F3N. The number of hydrogen-bond acceptors (Lipinski definition) is 1. The van der Waals surface area contributed by atoms with E-state index < -0.39 is 12.1 Å². The highest BCUT2D eigenvalue weighted by Gasteiger charge is 2.41. The highest BCUT2D eigenvalue weighted by molar-refractivity contribution is 5.28. The van der Waals surface area contributed by atoms with Crippen LogP contribution < -0.4 is 5.32 Å². The molecule has 1 aromatic rings. The molecular weight excluding hydrogens is 263 g/mol. The molecule has 1 fully saturated rings. The summed E-state index contributed by atoms with van der Waals surface area (Å²) < 4.78 is 38.3. The van der Waals surface area contributed by atoms with Crippen LogP contribution >= 0.6 is 0 Å². The number of hydrogen-bond donors (Lipinski definition) is 1. The van der Waals surface area contributed by atoms with E-state index in [0.29, 0.717) is 13.0 Å². The fourth-order valence-corrected chi connectivity index (χ4v) is 3.11.